The molecule has 0 aromatic heterocycles. The molecule has 0 N–H and O–H groups in total. The van der Waals surface area contributed by atoms with E-state index in [-0.39, 0.29) is 12.6 Å². The van der Waals surface area contributed by atoms with Crippen LogP contribution in [0.1, 0.15) is 5.56 Å². The van der Waals surface area contributed by atoms with Gasteiger partial charge in [-0.05, 0) is 46.2 Å². The molecule has 4 heteroatoms. The summed E-state index contributed by atoms with van der Waals surface area (Å²) in [6.07, 6.45) is 0. The lowest BCUT2D eigenvalue weighted by molar-refractivity contribution is 0.0320. The fourth-order valence-electron chi connectivity index (χ4n) is 1.71. The SMILES string of the molecule is C=C(OCOC)c1cc(I)c2c(F)cccc2c1. The van der Waals surface area contributed by atoms with Crippen LogP contribution in [-0.2, 0) is 9.47 Å². The quantitative estimate of drug-likeness (QED) is 0.464. The first kappa shape index (κ1) is 13.3. The lowest BCUT2D eigenvalue weighted by Crippen LogP contribution is -1.96. The van der Waals surface area contributed by atoms with Gasteiger partial charge in [-0.1, -0.05) is 18.7 Å². The van der Waals surface area contributed by atoms with Gasteiger partial charge in [-0.3, -0.25) is 0 Å². The first-order chi connectivity index (χ1) is 8.63. The van der Waals surface area contributed by atoms with E-state index in [0.717, 1.165) is 14.5 Å². The number of hydrogen-bond donors (Lipinski definition) is 0. The number of hydrogen-bond acceptors (Lipinski definition) is 2. The average Bonchev–Trinajstić information content (AvgIpc) is 2.35. The summed E-state index contributed by atoms with van der Waals surface area (Å²) < 4.78 is 24.7. The topological polar surface area (TPSA) is 18.5 Å². The second-order valence-electron chi connectivity index (χ2n) is 3.77. The van der Waals surface area contributed by atoms with Crippen molar-refractivity contribution in [2.24, 2.45) is 0 Å². The Morgan fingerprint density at radius 3 is 2.89 bits per heavy atom. The van der Waals surface area contributed by atoms with E-state index in [1.54, 1.807) is 13.2 Å². The van der Waals surface area contributed by atoms with E-state index in [4.69, 9.17) is 9.47 Å². The largest absolute Gasteiger partial charge is 0.468 e. The molecule has 0 aliphatic rings. The second kappa shape index (κ2) is 5.67. The van der Waals surface area contributed by atoms with Crippen LogP contribution in [0.15, 0.2) is 36.9 Å². The van der Waals surface area contributed by atoms with Crippen LogP contribution in [0.3, 0.4) is 0 Å². The molecule has 0 atom stereocenters. The fourth-order valence-corrected chi connectivity index (χ4v) is 2.61. The maximum atomic E-state index is 13.7. The van der Waals surface area contributed by atoms with E-state index < -0.39 is 0 Å². The summed E-state index contributed by atoms with van der Waals surface area (Å²) in [4.78, 5) is 0. The van der Waals surface area contributed by atoms with Crippen LogP contribution in [0.4, 0.5) is 4.39 Å². The van der Waals surface area contributed by atoms with Gasteiger partial charge >= 0.3 is 0 Å². The maximum absolute atomic E-state index is 13.7. The van der Waals surface area contributed by atoms with E-state index in [9.17, 15) is 4.39 Å². The van der Waals surface area contributed by atoms with Gasteiger partial charge < -0.3 is 9.47 Å². The van der Waals surface area contributed by atoms with Crippen LogP contribution in [-0.4, -0.2) is 13.9 Å². The van der Waals surface area contributed by atoms with Crippen molar-refractivity contribution in [1.82, 2.24) is 0 Å². The Labute approximate surface area is 119 Å². The summed E-state index contributed by atoms with van der Waals surface area (Å²) >= 11 is 2.11. The Bertz CT molecular complexity index is 596. The molecule has 0 aliphatic heterocycles. The zero-order chi connectivity index (χ0) is 13.1. The Morgan fingerprint density at radius 2 is 2.17 bits per heavy atom. The third kappa shape index (κ3) is 2.64. The molecule has 0 radical (unpaired) electrons. The summed E-state index contributed by atoms with van der Waals surface area (Å²) in [5, 5.41) is 1.46. The predicted octanol–water partition coefficient (Wildman–Crippen LogP) is 4.17. The van der Waals surface area contributed by atoms with Crippen molar-refractivity contribution < 1.29 is 13.9 Å². The average molecular weight is 358 g/mol. The van der Waals surface area contributed by atoms with Gasteiger partial charge in [0.25, 0.3) is 0 Å². The molecule has 0 amide bonds. The van der Waals surface area contributed by atoms with Crippen LogP contribution in [0.2, 0.25) is 0 Å². The fraction of sp³-hybridized carbons (Fsp3) is 0.143. The van der Waals surface area contributed by atoms with Crippen molar-refractivity contribution in [3.05, 3.63) is 51.9 Å². The number of methoxy groups -OCH3 is 1. The molecule has 0 unspecified atom stereocenters. The number of benzene rings is 2. The van der Waals surface area contributed by atoms with Crippen LogP contribution >= 0.6 is 22.6 Å². The highest BCUT2D eigenvalue weighted by Crippen LogP contribution is 2.28. The first-order valence-electron chi connectivity index (χ1n) is 5.32. The highest BCUT2D eigenvalue weighted by Gasteiger charge is 2.09. The first-order valence-corrected chi connectivity index (χ1v) is 6.40. The molecule has 2 aromatic carbocycles. The molecule has 94 valence electrons. The number of fused-ring (bicyclic) bond motifs is 1. The summed E-state index contributed by atoms with van der Waals surface area (Å²) in [5.41, 5.74) is 0.828. The standard InChI is InChI=1S/C14H12FIO2/c1-9(18-8-17-2)11-6-10-4-3-5-12(15)14(10)13(16)7-11/h3-7H,1,8H2,2H3. The van der Waals surface area contributed by atoms with Gasteiger partial charge in [0.1, 0.15) is 11.6 Å². The van der Waals surface area contributed by atoms with E-state index in [2.05, 4.69) is 29.2 Å². The van der Waals surface area contributed by atoms with Gasteiger partial charge in [-0.15, -0.1) is 0 Å². The number of rotatable bonds is 4. The Kier molecular flexibility index (Phi) is 4.19. The normalized spacial score (nSPS) is 10.6. The Balaban J connectivity index is 2.46. The minimum atomic E-state index is -0.216. The molecular weight excluding hydrogens is 346 g/mol. The molecule has 0 heterocycles. The predicted molar refractivity (Wildman–Crippen MR) is 78.6 cm³/mol. The third-order valence-corrected chi connectivity index (χ3v) is 3.40. The van der Waals surface area contributed by atoms with E-state index in [0.29, 0.717) is 11.1 Å². The van der Waals surface area contributed by atoms with Gasteiger partial charge in [0.2, 0.25) is 0 Å². The minimum Gasteiger partial charge on any atom is -0.468 e. The zero-order valence-electron chi connectivity index (χ0n) is 9.87. The highest BCUT2D eigenvalue weighted by molar-refractivity contribution is 14.1. The lowest BCUT2D eigenvalue weighted by Gasteiger charge is -2.10. The molecule has 2 rings (SSSR count). The summed E-state index contributed by atoms with van der Waals surface area (Å²) in [7, 11) is 1.55. The van der Waals surface area contributed by atoms with E-state index in [1.807, 2.05) is 18.2 Å². The molecule has 0 saturated heterocycles. The van der Waals surface area contributed by atoms with Crippen molar-refractivity contribution >= 4 is 39.1 Å². The van der Waals surface area contributed by atoms with Crippen molar-refractivity contribution in [3.63, 3.8) is 0 Å². The van der Waals surface area contributed by atoms with Crippen LogP contribution in [0.5, 0.6) is 0 Å². The van der Waals surface area contributed by atoms with Gasteiger partial charge in [-0.25, -0.2) is 4.39 Å². The maximum Gasteiger partial charge on any atom is 0.188 e. The molecule has 0 bridgehead atoms. The molecule has 0 aliphatic carbocycles. The van der Waals surface area contributed by atoms with E-state index >= 15 is 0 Å². The Morgan fingerprint density at radius 1 is 1.39 bits per heavy atom. The van der Waals surface area contributed by atoms with Gasteiger partial charge in [0.05, 0.1) is 0 Å². The highest BCUT2D eigenvalue weighted by atomic mass is 127. The summed E-state index contributed by atoms with van der Waals surface area (Å²) in [5.74, 6) is 0.299. The van der Waals surface area contributed by atoms with Crippen LogP contribution in [0, 0.1) is 9.39 Å². The van der Waals surface area contributed by atoms with E-state index in [1.165, 1.54) is 6.07 Å². The third-order valence-electron chi connectivity index (χ3n) is 2.55. The Hall–Kier alpha value is -1.14. The molecule has 2 nitrogen and oxygen atoms in total. The smallest absolute Gasteiger partial charge is 0.188 e. The minimum absolute atomic E-state index is 0.149. The van der Waals surface area contributed by atoms with Crippen molar-refractivity contribution in [2.45, 2.75) is 0 Å². The van der Waals surface area contributed by atoms with Crippen molar-refractivity contribution in [3.8, 4) is 0 Å². The monoisotopic (exact) mass is 358 g/mol. The van der Waals surface area contributed by atoms with Crippen molar-refractivity contribution in [1.29, 1.82) is 0 Å². The molecule has 0 spiro atoms. The number of ether oxygens (including phenoxy) is 2. The molecule has 18 heavy (non-hydrogen) atoms. The van der Waals surface area contributed by atoms with Gasteiger partial charge in [0, 0.05) is 21.6 Å². The summed E-state index contributed by atoms with van der Waals surface area (Å²) in [6.45, 7) is 3.98. The zero-order valence-corrected chi connectivity index (χ0v) is 12.0. The van der Waals surface area contributed by atoms with Crippen molar-refractivity contribution in [2.75, 3.05) is 13.9 Å². The number of halogens is 2. The van der Waals surface area contributed by atoms with Crippen LogP contribution in [0.25, 0.3) is 16.5 Å². The summed E-state index contributed by atoms with van der Waals surface area (Å²) in [6, 6.07) is 8.73. The van der Waals surface area contributed by atoms with Gasteiger partial charge in [0.15, 0.2) is 6.79 Å². The molecular formula is C14H12FIO2. The molecule has 0 saturated carbocycles. The van der Waals surface area contributed by atoms with Crippen LogP contribution < -0.4 is 0 Å². The molecule has 0 fully saturated rings. The second-order valence-corrected chi connectivity index (χ2v) is 4.93. The lowest BCUT2D eigenvalue weighted by atomic mass is 10.1. The van der Waals surface area contributed by atoms with Gasteiger partial charge in [-0.2, -0.15) is 0 Å². The molecule has 2 aromatic rings.